The monoisotopic (exact) mass is 297 g/mol. The Morgan fingerprint density at radius 2 is 2.05 bits per heavy atom. The van der Waals surface area contributed by atoms with Gasteiger partial charge in [-0.25, -0.2) is 0 Å². The molecule has 1 amide bonds. The van der Waals surface area contributed by atoms with Gasteiger partial charge in [-0.2, -0.15) is 0 Å². The zero-order valence-electron chi connectivity index (χ0n) is 13.5. The summed E-state index contributed by atoms with van der Waals surface area (Å²) >= 11 is 0. The standard InChI is InChI=1S/C18H23N3O/c1-13-10-14-6-4-5-7-17(14)21(11-13)12-15-8-9-16(19-15)18(22)20(2)3/h4-9,13,19H,10-12H2,1-3H3. The molecule has 0 saturated heterocycles. The molecule has 1 aromatic carbocycles. The quantitative estimate of drug-likeness (QED) is 0.946. The van der Waals surface area contributed by atoms with E-state index in [-0.39, 0.29) is 5.91 Å². The number of amides is 1. The zero-order chi connectivity index (χ0) is 15.7. The van der Waals surface area contributed by atoms with Gasteiger partial charge >= 0.3 is 0 Å². The van der Waals surface area contributed by atoms with Crippen molar-refractivity contribution in [3.63, 3.8) is 0 Å². The van der Waals surface area contributed by atoms with Crippen LogP contribution in [0, 0.1) is 5.92 Å². The van der Waals surface area contributed by atoms with Crippen molar-refractivity contribution < 1.29 is 4.79 Å². The molecule has 3 rings (SSSR count). The maximum atomic E-state index is 12.0. The maximum Gasteiger partial charge on any atom is 0.269 e. The summed E-state index contributed by atoms with van der Waals surface area (Å²) in [6, 6.07) is 12.5. The third kappa shape index (κ3) is 2.86. The number of aromatic nitrogens is 1. The summed E-state index contributed by atoms with van der Waals surface area (Å²) in [5, 5.41) is 0. The minimum absolute atomic E-state index is 0.0127. The van der Waals surface area contributed by atoms with E-state index in [1.165, 1.54) is 11.3 Å². The number of nitrogens with zero attached hydrogens (tertiary/aromatic N) is 2. The topological polar surface area (TPSA) is 39.3 Å². The first-order valence-corrected chi connectivity index (χ1v) is 7.77. The Bertz CT molecular complexity index is 674. The molecule has 1 atom stereocenters. The van der Waals surface area contributed by atoms with E-state index < -0.39 is 0 Å². The van der Waals surface area contributed by atoms with E-state index in [2.05, 4.69) is 41.1 Å². The molecule has 0 aliphatic carbocycles. The molecule has 0 bridgehead atoms. The SMILES string of the molecule is CC1Cc2ccccc2N(Cc2ccc(C(=O)N(C)C)[nH]2)C1. The fraction of sp³-hybridized carbons (Fsp3) is 0.389. The molecular weight excluding hydrogens is 274 g/mol. The van der Waals surface area contributed by atoms with Gasteiger partial charge in [-0.05, 0) is 36.1 Å². The van der Waals surface area contributed by atoms with Crippen molar-refractivity contribution in [2.24, 2.45) is 5.92 Å². The molecule has 4 heteroatoms. The number of anilines is 1. The third-order valence-electron chi connectivity index (χ3n) is 4.18. The molecule has 1 unspecified atom stereocenters. The van der Waals surface area contributed by atoms with Crippen LogP contribution in [-0.2, 0) is 13.0 Å². The van der Waals surface area contributed by atoms with E-state index in [1.54, 1.807) is 19.0 Å². The molecule has 0 saturated carbocycles. The summed E-state index contributed by atoms with van der Waals surface area (Å²) in [5.74, 6) is 0.659. The molecule has 116 valence electrons. The van der Waals surface area contributed by atoms with Crippen LogP contribution < -0.4 is 4.90 Å². The van der Waals surface area contributed by atoms with Gasteiger partial charge in [0.15, 0.2) is 0 Å². The molecule has 1 aliphatic rings. The van der Waals surface area contributed by atoms with Crippen molar-refractivity contribution >= 4 is 11.6 Å². The summed E-state index contributed by atoms with van der Waals surface area (Å²) in [6.45, 7) is 4.15. The van der Waals surface area contributed by atoms with E-state index >= 15 is 0 Å². The number of fused-ring (bicyclic) bond motifs is 1. The molecular formula is C18H23N3O. The Labute approximate surface area is 131 Å². The highest BCUT2D eigenvalue weighted by molar-refractivity contribution is 5.92. The highest BCUT2D eigenvalue weighted by atomic mass is 16.2. The second-order valence-electron chi connectivity index (χ2n) is 6.42. The Hall–Kier alpha value is -2.23. The Balaban J connectivity index is 1.80. The van der Waals surface area contributed by atoms with Crippen molar-refractivity contribution in [1.82, 2.24) is 9.88 Å². The van der Waals surface area contributed by atoms with Gasteiger partial charge in [0.25, 0.3) is 5.91 Å². The summed E-state index contributed by atoms with van der Waals surface area (Å²) in [7, 11) is 3.54. The van der Waals surface area contributed by atoms with Crippen LogP contribution in [0.15, 0.2) is 36.4 Å². The van der Waals surface area contributed by atoms with Crippen molar-refractivity contribution in [2.75, 3.05) is 25.5 Å². The number of carbonyl (C=O) groups excluding carboxylic acids is 1. The summed E-state index contributed by atoms with van der Waals surface area (Å²) in [5.41, 5.74) is 4.46. The van der Waals surface area contributed by atoms with Crippen molar-refractivity contribution in [2.45, 2.75) is 19.9 Å². The largest absolute Gasteiger partial charge is 0.365 e. The van der Waals surface area contributed by atoms with Gasteiger partial charge < -0.3 is 14.8 Å². The number of benzene rings is 1. The van der Waals surface area contributed by atoms with Gasteiger partial charge in [-0.3, -0.25) is 4.79 Å². The minimum atomic E-state index is 0.0127. The smallest absolute Gasteiger partial charge is 0.269 e. The van der Waals surface area contributed by atoms with Gasteiger partial charge in [-0.1, -0.05) is 25.1 Å². The minimum Gasteiger partial charge on any atom is -0.365 e. The fourth-order valence-corrected chi connectivity index (χ4v) is 3.16. The number of rotatable bonds is 3. The molecule has 0 radical (unpaired) electrons. The molecule has 1 aliphatic heterocycles. The van der Waals surface area contributed by atoms with Crippen LogP contribution >= 0.6 is 0 Å². The normalized spacial score (nSPS) is 17.2. The lowest BCUT2D eigenvalue weighted by Crippen LogP contribution is -2.33. The van der Waals surface area contributed by atoms with Crippen LogP contribution in [0.5, 0.6) is 0 Å². The van der Waals surface area contributed by atoms with E-state index in [0.717, 1.165) is 25.2 Å². The Kier molecular flexibility index (Phi) is 3.92. The Morgan fingerprint density at radius 1 is 1.27 bits per heavy atom. The number of H-pyrrole nitrogens is 1. The number of aromatic amines is 1. The van der Waals surface area contributed by atoms with Crippen LogP contribution in [0.4, 0.5) is 5.69 Å². The molecule has 22 heavy (non-hydrogen) atoms. The second kappa shape index (κ2) is 5.87. The summed E-state index contributed by atoms with van der Waals surface area (Å²) in [4.78, 5) is 19.2. The number of hydrogen-bond acceptors (Lipinski definition) is 2. The summed E-state index contributed by atoms with van der Waals surface area (Å²) < 4.78 is 0. The molecule has 0 fully saturated rings. The highest BCUT2D eigenvalue weighted by Crippen LogP contribution is 2.30. The number of hydrogen-bond donors (Lipinski definition) is 1. The second-order valence-corrected chi connectivity index (χ2v) is 6.42. The average molecular weight is 297 g/mol. The van der Waals surface area contributed by atoms with Crippen LogP contribution in [-0.4, -0.2) is 36.4 Å². The van der Waals surface area contributed by atoms with Gasteiger partial charge in [0.2, 0.25) is 0 Å². The van der Waals surface area contributed by atoms with Gasteiger partial charge in [0.1, 0.15) is 5.69 Å². The van der Waals surface area contributed by atoms with E-state index in [9.17, 15) is 4.79 Å². The first-order valence-electron chi connectivity index (χ1n) is 7.77. The van der Waals surface area contributed by atoms with Crippen LogP contribution in [0.25, 0.3) is 0 Å². The number of carbonyl (C=O) groups is 1. The lowest BCUT2D eigenvalue weighted by molar-refractivity contribution is 0.0822. The number of nitrogens with one attached hydrogen (secondary N) is 1. The molecule has 1 N–H and O–H groups in total. The van der Waals surface area contributed by atoms with Crippen LogP contribution in [0.2, 0.25) is 0 Å². The van der Waals surface area contributed by atoms with Crippen LogP contribution in [0.3, 0.4) is 0 Å². The molecule has 2 heterocycles. The van der Waals surface area contributed by atoms with E-state index in [4.69, 9.17) is 0 Å². The lowest BCUT2D eigenvalue weighted by Gasteiger charge is -2.34. The Morgan fingerprint density at radius 3 is 2.82 bits per heavy atom. The average Bonchev–Trinajstić information content (AvgIpc) is 2.94. The first kappa shape index (κ1) is 14.7. The van der Waals surface area contributed by atoms with Gasteiger partial charge in [0, 0.05) is 32.0 Å². The number of para-hydroxylation sites is 1. The van der Waals surface area contributed by atoms with E-state index in [1.807, 2.05) is 12.1 Å². The third-order valence-corrected chi connectivity index (χ3v) is 4.18. The molecule has 0 spiro atoms. The van der Waals surface area contributed by atoms with Crippen molar-refractivity contribution in [1.29, 1.82) is 0 Å². The maximum absolute atomic E-state index is 12.0. The molecule has 1 aromatic heterocycles. The first-order chi connectivity index (χ1) is 10.5. The zero-order valence-corrected chi connectivity index (χ0v) is 13.5. The fourth-order valence-electron chi connectivity index (χ4n) is 3.16. The van der Waals surface area contributed by atoms with Crippen LogP contribution in [0.1, 0.15) is 28.7 Å². The van der Waals surface area contributed by atoms with Crippen molar-refractivity contribution in [3.05, 3.63) is 53.3 Å². The molecule has 4 nitrogen and oxygen atoms in total. The lowest BCUT2D eigenvalue weighted by atomic mass is 9.94. The predicted molar refractivity (Wildman–Crippen MR) is 89.2 cm³/mol. The van der Waals surface area contributed by atoms with Gasteiger partial charge in [0.05, 0.1) is 6.54 Å². The predicted octanol–water partition coefficient (Wildman–Crippen LogP) is 2.92. The van der Waals surface area contributed by atoms with E-state index in [0.29, 0.717) is 11.6 Å². The van der Waals surface area contributed by atoms with Gasteiger partial charge in [-0.15, -0.1) is 0 Å². The van der Waals surface area contributed by atoms with Crippen molar-refractivity contribution in [3.8, 4) is 0 Å². The molecule has 2 aromatic rings. The highest BCUT2D eigenvalue weighted by Gasteiger charge is 2.22. The summed E-state index contributed by atoms with van der Waals surface area (Å²) in [6.07, 6.45) is 1.14.